The minimum Gasteiger partial charge on any atom is -0.496 e. The summed E-state index contributed by atoms with van der Waals surface area (Å²) in [6.45, 7) is 0.141. The molecule has 0 radical (unpaired) electrons. The van der Waals surface area contributed by atoms with Crippen LogP contribution in [0.3, 0.4) is 0 Å². The van der Waals surface area contributed by atoms with Gasteiger partial charge in [-0.3, -0.25) is 4.79 Å². The molecule has 2 heterocycles. The fourth-order valence-corrected chi connectivity index (χ4v) is 3.62. The first-order valence-electron chi connectivity index (χ1n) is 7.49. The molecule has 0 fully saturated rings. The number of hydrogen-bond donors (Lipinski definition) is 1. The monoisotopic (exact) mass is 323 g/mol. The number of methoxy groups -OCH3 is 2. The van der Waals surface area contributed by atoms with Gasteiger partial charge in [-0.2, -0.15) is 0 Å². The summed E-state index contributed by atoms with van der Waals surface area (Å²) in [7, 11) is 3.19. The molecule has 2 aliphatic rings. The maximum Gasteiger partial charge on any atom is 0.256 e. The van der Waals surface area contributed by atoms with Crippen molar-refractivity contribution in [1.82, 2.24) is 0 Å². The Morgan fingerprint density at radius 1 is 1.08 bits per heavy atom. The summed E-state index contributed by atoms with van der Waals surface area (Å²) in [6, 6.07) is 7.46. The van der Waals surface area contributed by atoms with Gasteiger partial charge in [0.15, 0.2) is 17.2 Å². The molecule has 3 aromatic carbocycles. The van der Waals surface area contributed by atoms with E-state index in [2.05, 4.69) is 5.32 Å². The third-order valence-corrected chi connectivity index (χ3v) is 4.57. The van der Waals surface area contributed by atoms with E-state index in [1.54, 1.807) is 20.3 Å². The van der Waals surface area contributed by atoms with Gasteiger partial charge < -0.3 is 24.3 Å². The van der Waals surface area contributed by atoms with Crippen molar-refractivity contribution in [1.29, 1.82) is 0 Å². The van der Waals surface area contributed by atoms with E-state index in [-0.39, 0.29) is 12.7 Å². The lowest BCUT2D eigenvalue weighted by atomic mass is 9.96. The molecule has 3 aromatic rings. The first-order chi connectivity index (χ1) is 11.7. The summed E-state index contributed by atoms with van der Waals surface area (Å²) in [6.07, 6.45) is 0. The van der Waals surface area contributed by atoms with Gasteiger partial charge in [0.1, 0.15) is 5.75 Å². The van der Waals surface area contributed by atoms with Crippen LogP contribution in [-0.2, 0) is 0 Å². The number of carbonyl (C=O) groups is 1. The van der Waals surface area contributed by atoms with Crippen molar-refractivity contribution in [2.45, 2.75) is 0 Å². The van der Waals surface area contributed by atoms with Crippen LogP contribution in [0.5, 0.6) is 23.0 Å². The minimum absolute atomic E-state index is 0.141. The largest absolute Gasteiger partial charge is 0.496 e. The third-order valence-electron chi connectivity index (χ3n) is 4.57. The number of amides is 1. The summed E-state index contributed by atoms with van der Waals surface area (Å²) in [4.78, 5) is 12.5. The van der Waals surface area contributed by atoms with E-state index < -0.39 is 0 Å². The van der Waals surface area contributed by atoms with Crippen LogP contribution >= 0.6 is 0 Å². The molecule has 0 unspecified atom stereocenters. The Morgan fingerprint density at radius 2 is 1.96 bits per heavy atom. The summed E-state index contributed by atoms with van der Waals surface area (Å²) in [5.41, 5.74) is 1.20. The summed E-state index contributed by atoms with van der Waals surface area (Å²) < 4.78 is 22.4. The van der Waals surface area contributed by atoms with Gasteiger partial charge in [-0.1, -0.05) is 12.1 Å². The molecule has 6 nitrogen and oxygen atoms in total. The van der Waals surface area contributed by atoms with Crippen molar-refractivity contribution in [2.75, 3.05) is 26.3 Å². The summed E-state index contributed by atoms with van der Waals surface area (Å²) >= 11 is 0. The molecule has 0 aromatic heterocycles. The van der Waals surface area contributed by atoms with Crippen LogP contribution in [0.1, 0.15) is 10.4 Å². The molecular formula is C18H13NO5. The van der Waals surface area contributed by atoms with E-state index in [1.165, 1.54) is 0 Å². The molecule has 0 spiro atoms. The fraction of sp³-hybridized carbons (Fsp3) is 0.167. The van der Waals surface area contributed by atoms with Crippen molar-refractivity contribution in [2.24, 2.45) is 0 Å². The molecule has 120 valence electrons. The van der Waals surface area contributed by atoms with Crippen molar-refractivity contribution >= 4 is 33.1 Å². The van der Waals surface area contributed by atoms with Crippen LogP contribution in [0.25, 0.3) is 21.5 Å². The second-order valence-electron chi connectivity index (χ2n) is 5.65. The Kier molecular flexibility index (Phi) is 2.46. The van der Waals surface area contributed by atoms with Crippen LogP contribution in [0.2, 0.25) is 0 Å². The first kappa shape index (κ1) is 13.3. The van der Waals surface area contributed by atoms with Gasteiger partial charge in [0.2, 0.25) is 6.79 Å². The Bertz CT molecular complexity index is 1060. The minimum atomic E-state index is -0.180. The molecule has 6 heteroatoms. The quantitative estimate of drug-likeness (QED) is 0.733. The number of benzene rings is 3. The molecular weight excluding hydrogens is 310 g/mol. The highest BCUT2D eigenvalue weighted by Crippen LogP contribution is 2.54. The topological polar surface area (TPSA) is 66.0 Å². The average molecular weight is 323 g/mol. The molecule has 0 saturated heterocycles. The predicted octanol–water partition coefficient (Wildman–Crippen LogP) is 3.30. The molecule has 1 amide bonds. The number of fused-ring (bicyclic) bond motifs is 4. The van der Waals surface area contributed by atoms with Gasteiger partial charge in [0, 0.05) is 16.2 Å². The van der Waals surface area contributed by atoms with E-state index in [0.29, 0.717) is 34.2 Å². The fourth-order valence-electron chi connectivity index (χ4n) is 3.62. The van der Waals surface area contributed by atoms with Gasteiger partial charge in [-0.15, -0.1) is 0 Å². The van der Waals surface area contributed by atoms with Gasteiger partial charge in [-0.05, 0) is 12.1 Å². The van der Waals surface area contributed by atoms with Crippen LogP contribution < -0.4 is 24.3 Å². The molecule has 5 rings (SSSR count). The zero-order valence-corrected chi connectivity index (χ0v) is 13.1. The molecule has 0 bridgehead atoms. The number of anilines is 1. The molecule has 2 aliphatic heterocycles. The van der Waals surface area contributed by atoms with E-state index in [0.717, 1.165) is 21.5 Å². The van der Waals surface area contributed by atoms with Gasteiger partial charge in [0.05, 0.1) is 30.9 Å². The normalized spacial score (nSPS) is 14.3. The van der Waals surface area contributed by atoms with Crippen molar-refractivity contribution in [3.8, 4) is 23.0 Å². The molecule has 0 atom stereocenters. The Morgan fingerprint density at radius 3 is 2.75 bits per heavy atom. The Labute approximate surface area is 136 Å². The van der Waals surface area contributed by atoms with Crippen LogP contribution in [-0.4, -0.2) is 26.9 Å². The van der Waals surface area contributed by atoms with Crippen LogP contribution in [0.15, 0.2) is 24.3 Å². The number of nitrogens with one attached hydrogen (secondary N) is 1. The molecule has 24 heavy (non-hydrogen) atoms. The van der Waals surface area contributed by atoms with E-state index in [4.69, 9.17) is 18.9 Å². The highest BCUT2D eigenvalue weighted by molar-refractivity contribution is 6.33. The van der Waals surface area contributed by atoms with Gasteiger partial charge >= 0.3 is 0 Å². The zero-order chi connectivity index (χ0) is 16.4. The van der Waals surface area contributed by atoms with E-state index in [9.17, 15) is 4.79 Å². The van der Waals surface area contributed by atoms with E-state index >= 15 is 0 Å². The SMILES string of the molecule is COc1cccc2c1c(OC)c1c3c(cc4c(c32)OCO4)C(=O)N1. The summed E-state index contributed by atoms with van der Waals surface area (Å²) in [5.74, 6) is 2.30. The van der Waals surface area contributed by atoms with Crippen molar-refractivity contribution in [3.63, 3.8) is 0 Å². The zero-order valence-electron chi connectivity index (χ0n) is 13.1. The highest BCUT2D eigenvalue weighted by Gasteiger charge is 2.33. The summed E-state index contributed by atoms with van der Waals surface area (Å²) in [5, 5.41) is 6.22. The maximum atomic E-state index is 12.5. The van der Waals surface area contributed by atoms with E-state index in [1.807, 2.05) is 18.2 Å². The highest BCUT2D eigenvalue weighted by atomic mass is 16.7. The van der Waals surface area contributed by atoms with Crippen molar-refractivity contribution in [3.05, 3.63) is 29.8 Å². The predicted molar refractivity (Wildman–Crippen MR) is 88.6 cm³/mol. The van der Waals surface area contributed by atoms with Crippen LogP contribution in [0.4, 0.5) is 5.69 Å². The van der Waals surface area contributed by atoms with Gasteiger partial charge in [-0.25, -0.2) is 0 Å². The molecule has 1 N–H and O–H groups in total. The lowest BCUT2D eigenvalue weighted by Gasteiger charge is -2.16. The lowest BCUT2D eigenvalue weighted by Crippen LogP contribution is -2.05. The Balaban J connectivity index is 2.11. The second-order valence-corrected chi connectivity index (χ2v) is 5.65. The third kappa shape index (κ3) is 1.43. The molecule has 0 saturated carbocycles. The number of carbonyl (C=O) groups excluding carboxylic acids is 1. The van der Waals surface area contributed by atoms with Crippen molar-refractivity contribution < 1.29 is 23.7 Å². The maximum absolute atomic E-state index is 12.5. The van der Waals surface area contributed by atoms with Gasteiger partial charge in [0.25, 0.3) is 5.91 Å². The number of hydrogen-bond acceptors (Lipinski definition) is 5. The lowest BCUT2D eigenvalue weighted by molar-refractivity contribution is 0.103. The number of ether oxygens (including phenoxy) is 4. The smallest absolute Gasteiger partial charge is 0.256 e. The van der Waals surface area contributed by atoms with Crippen LogP contribution in [0, 0.1) is 0 Å². The average Bonchev–Trinajstić information content (AvgIpc) is 3.20. The second kappa shape index (κ2) is 4.44. The standard InChI is InChI=1S/C18H13NO5/c1-21-10-5-3-4-8-12(10)17(22-2)15-13-9(18(20)19-15)6-11-16(14(8)13)24-7-23-11/h3-6H,7H2,1-2H3,(H,19,20). The first-order valence-corrected chi connectivity index (χ1v) is 7.49. The Hall–Kier alpha value is -3.15. The number of rotatable bonds is 2. The molecule has 0 aliphatic carbocycles.